The van der Waals surface area contributed by atoms with Gasteiger partial charge in [0.05, 0.1) is 18.6 Å². The molecular weight excluding hydrogens is 444 g/mol. The summed E-state index contributed by atoms with van der Waals surface area (Å²) in [5.74, 6) is -2.63. The van der Waals surface area contributed by atoms with E-state index in [-0.39, 0.29) is 36.1 Å². The first-order valence-corrected chi connectivity index (χ1v) is 10.5. The van der Waals surface area contributed by atoms with Crippen LogP contribution in [-0.4, -0.2) is 36.5 Å². The number of rotatable bonds is 5. The molecule has 1 aromatic carbocycles. The summed E-state index contributed by atoms with van der Waals surface area (Å²) in [5.41, 5.74) is 1.61. The summed E-state index contributed by atoms with van der Waals surface area (Å²) >= 11 is 0. The van der Waals surface area contributed by atoms with Gasteiger partial charge in [0.1, 0.15) is 11.4 Å². The van der Waals surface area contributed by atoms with Crippen LogP contribution < -0.4 is 10.3 Å². The van der Waals surface area contributed by atoms with Crippen LogP contribution in [0.1, 0.15) is 21.7 Å². The van der Waals surface area contributed by atoms with Gasteiger partial charge in [-0.05, 0) is 37.3 Å². The van der Waals surface area contributed by atoms with Crippen LogP contribution in [0.2, 0.25) is 0 Å². The van der Waals surface area contributed by atoms with Crippen molar-refractivity contribution in [2.75, 3.05) is 6.54 Å². The molecule has 3 aromatic heterocycles. The van der Waals surface area contributed by atoms with E-state index in [0.29, 0.717) is 17.8 Å². The third-order valence-corrected chi connectivity index (χ3v) is 5.57. The lowest BCUT2D eigenvalue weighted by Gasteiger charge is -2.30. The van der Waals surface area contributed by atoms with Crippen LogP contribution in [0.3, 0.4) is 0 Å². The quantitative estimate of drug-likeness (QED) is 0.453. The highest BCUT2D eigenvalue weighted by atomic mass is 19.1. The molecule has 4 heterocycles. The zero-order chi connectivity index (χ0) is 23.8. The number of para-hydroxylation sites is 1. The Kier molecular flexibility index (Phi) is 5.40. The molecule has 1 aliphatic rings. The number of imidazole rings is 1. The third-order valence-electron chi connectivity index (χ3n) is 5.57. The fourth-order valence-electron chi connectivity index (χ4n) is 3.88. The van der Waals surface area contributed by atoms with Gasteiger partial charge in [-0.2, -0.15) is 0 Å². The maximum absolute atomic E-state index is 14.1. The highest BCUT2D eigenvalue weighted by molar-refractivity contribution is 5.93. The molecule has 172 valence electrons. The van der Waals surface area contributed by atoms with Crippen molar-refractivity contribution in [1.29, 1.82) is 0 Å². The first-order valence-electron chi connectivity index (χ1n) is 10.5. The topological polar surface area (TPSA) is 82.3 Å². The van der Waals surface area contributed by atoms with Crippen LogP contribution in [0.4, 0.5) is 8.78 Å². The molecule has 0 bridgehead atoms. The molecule has 4 aromatic rings. The van der Waals surface area contributed by atoms with E-state index < -0.39 is 17.4 Å². The number of halogens is 2. The van der Waals surface area contributed by atoms with Crippen molar-refractivity contribution < 1.29 is 18.3 Å². The van der Waals surface area contributed by atoms with Gasteiger partial charge in [-0.3, -0.25) is 9.59 Å². The molecule has 8 nitrogen and oxygen atoms in total. The Bertz CT molecular complexity index is 1440. The number of carbonyl (C=O) groups is 1. The van der Waals surface area contributed by atoms with Gasteiger partial charge in [-0.1, -0.05) is 12.1 Å². The Morgan fingerprint density at radius 2 is 1.79 bits per heavy atom. The molecule has 0 radical (unpaired) electrons. The minimum absolute atomic E-state index is 0.00640. The molecule has 0 saturated heterocycles. The number of carbonyl (C=O) groups excluding carboxylic acids is 1. The highest BCUT2D eigenvalue weighted by Crippen LogP contribution is 2.29. The van der Waals surface area contributed by atoms with Gasteiger partial charge in [-0.25, -0.2) is 18.7 Å². The molecule has 0 atom stereocenters. The van der Waals surface area contributed by atoms with Gasteiger partial charge in [0.2, 0.25) is 11.6 Å². The maximum atomic E-state index is 14.1. The molecule has 0 fully saturated rings. The van der Waals surface area contributed by atoms with Crippen LogP contribution >= 0.6 is 0 Å². The zero-order valence-corrected chi connectivity index (χ0v) is 18.1. The summed E-state index contributed by atoms with van der Waals surface area (Å²) in [7, 11) is 0. The number of amides is 1. The summed E-state index contributed by atoms with van der Waals surface area (Å²) in [4.78, 5) is 35.9. The van der Waals surface area contributed by atoms with Crippen LogP contribution in [-0.2, 0) is 13.1 Å². The van der Waals surface area contributed by atoms with Crippen molar-refractivity contribution >= 4 is 5.91 Å². The van der Waals surface area contributed by atoms with E-state index >= 15 is 0 Å². The fraction of sp³-hybridized carbons (Fsp3) is 0.167. The average molecular weight is 463 g/mol. The molecule has 0 N–H and O–H groups in total. The van der Waals surface area contributed by atoms with Gasteiger partial charge >= 0.3 is 0 Å². The van der Waals surface area contributed by atoms with Gasteiger partial charge < -0.3 is 18.8 Å². The predicted octanol–water partition coefficient (Wildman–Crippen LogP) is 3.46. The first-order chi connectivity index (χ1) is 16.4. The van der Waals surface area contributed by atoms with Crippen molar-refractivity contribution in [1.82, 2.24) is 24.0 Å². The summed E-state index contributed by atoms with van der Waals surface area (Å²) in [6, 6.07) is 9.92. The Balaban J connectivity index is 1.42. The third kappa shape index (κ3) is 3.83. The summed E-state index contributed by atoms with van der Waals surface area (Å²) < 4.78 is 36.6. The fourth-order valence-corrected chi connectivity index (χ4v) is 3.88. The van der Waals surface area contributed by atoms with Crippen molar-refractivity contribution in [2.45, 2.75) is 20.0 Å². The normalized spacial score (nSPS) is 13.1. The molecule has 0 aliphatic carbocycles. The smallest absolute Gasteiger partial charge is 0.275 e. The Hall–Kier alpha value is -4.34. The van der Waals surface area contributed by atoms with E-state index in [1.54, 1.807) is 41.4 Å². The molecule has 1 amide bonds. The molecule has 1 aliphatic heterocycles. The largest absolute Gasteiger partial charge is 0.432 e. The van der Waals surface area contributed by atoms with Gasteiger partial charge in [0, 0.05) is 31.0 Å². The number of ether oxygens (including phenoxy) is 1. The molecule has 0 spiro atoms. The van der Waals surface area contributed by atoms with Crippen molar-refractivity contribution in [3.05, 3.63) is 100 Å². The van der Waals surface area contributed by atoms with E-state index in [1.807, 2.05) is 6.92 Å². The van der Waals surface area contributed by atoms with Crippen molar-refractivity contribution in [2.24, 2.45) is 0 Å². The van der Waals surface area contributed by atoms with E-state index in [4.69, 9.17) is 4.74 Å². The zero-order valence-electron chi connectivity index (χ0n) is 18.1. The maximum Gasteiger partial charge on any atom is 0.275 e. The Morgan fingerprint density at radius 1 is 1.00 bits per heavy atom. The van der Waals surface area contributed by atoms with Gasteiger partial charge in [0.15, 0.2) is 11.6 Å². The van der Waals surface area contributed by atoms with Crippen molar-refractivity contribution in [3.8, 4) is 17.3 Å². The van der Waals surface area contributed by atoms with Crippen LogP contribution in [0.25, 0.3) is 5.69 Å². The highest BCUT2D eigenvalue weighted by Gasteiger charge is 2.27. The Labute approximate surface area is 192 Å². The van der Waals surface area contributed by atoms with E-state index in [2.05, 4.69) is 9.97 Å². The second-order valence-corrected chi connectivity index (χ2v) is 7.83. The monoisotopic (exact) mass is 463 g/mol. The second-order valence-electron chi connectivity index (χ2n) is 7.83. The van der Waals surface area contributed by atoms with Crippen LogP contribution in [0, 0.1) is 18.6 Å². The van der Waals surface area contributed by atoms with E-state index in [0.717, 1.165) is 17.8 Å². The number of hydrogen-bond acceptors (Lipinski definition) is 5. The lowest BCUT2D eigenvalue weighted by Crippen LogP contribution is -2.44. The summed E-state index contributed by atoms with van der Waals surface area (Å²) in [6.45, 7) is 2.47. The SMILES string of the molecule is Cc1cn(-c2ccc3n(c2=O)CCN(Cc2cccnc2Oc2c(F)cccc2F)C3=O)cn1. The second kappa shape index (κ2) is 8.54. The molecule has 5 rings (SSSR count). The number of benzene rings is 1. The van der Waals surface area contributed by atoms with E-state index in [9.17, 15) is 18.4 Å². The minimum Gasteiger partial charge on any atom is -0.432 e. The van der Waals surface area contributed by atoms with E-state index in [1.165, 1.54) is 21.7 Å². The van der Waals surface area contributed by atoms with Crippen LogP contribution in [0.5, 0.6) is 11.6 Å². The number of hydrogen-bond donors (Lipinski definition) is 0. The lowest BCUT2D eigenvalue weighted by atomic mass is 10.2. The molecule has 10 heteroatoms. The lowest BCUT2D eigenvalue weighted by molar-refractivity contribution is 0.0685. The number of aromatic nitrogens is 4. The minimum atomic E-state index is -0.858. The van der Waals surface area contributed by atoms with Gasteiger partial charge in [0.25, 0.3) is 11.5 Å². The molecule has 0 unspecified atom stereocenters. The number of aryl methyl sites for hydroxylation is 1. The van der Waals surface area contributed by atoms with Crippen LogP contribution in [0.15, 0.2) is 66.0 Å². The first kappa shape index (κ1) is 21.5. The summed E-state index contributed by atoms with van der Waals surface area (Å²) in [5, 5.41) is 0. The molecule has 34 heavy (non-hydrogen) atoms. The van der Waals surface area contributed by atoms with Gasteiger partial charge in [-0.15, -0.1) is 0 Å². The van der Waals surface area contributed by atoms with Crippen molar-refractivity contribution in [3.63, 3.8) is 0 Å². The number of nitrogens with zero attached hydrogens (tertiary/aromatic N) is 5. The molecule has 0 saturated carbocycles. The molecular formula is C24H19F2N5O3. The number of fused-ring (bicyclic) bond motifs is 1. The summed E-state index contributed by atoms with van der Waals surface area (Å²) in [6.07, 6.45) is 4.73. The average Bonchev–Trinajstić information content (AvgIpc) is 3.25. The Morgan fingerprint density at radius 3 is 2.53 bits per heavy atom. The standard InChI is InChI=1S/C24H19F2N5O3/c1-15-12-30(14-28-15)19-7-8-20-23(32)29(10-11-31(20)24(19)33)13-16-4-3-9-27-22(16)34-21-17(25)5-2-6-18(21)26/h2-9,12,14H,10-11,13H2,1H3. The predicted molar refractivity (Wildman–Crippen MR) is 118 cm³/mol. The number of pyridine rings is 2.